The third-order valence-electron chi connectivity index (χ3n) is 2.80. The van der Waals surface area contributed by atoms with Gasteiger partial charge in [-0.3, -0.25) is 9.69 Å². The molecule has 0 fully saturated rings. The fourth-order valence-corrected chi connectivity index (χ4v) is 2.54. The Morgan fingerprint density at radius 2 is 2.29 bits per heavy atom. The van der Waals surface area contributed by atoms with Crippen LogP contribution in [0.5, 0.6) is 0 Å². The zero-order valence-corrected chi connectivity index (χ0v) is 12.5. The molecule has 0 unspecified atom stereocenters. The lowest BCUT2D eigenvalue weighted by Crippen LogP contribution is -2.26. The number of benzene rings is 1. The van der Waals surface area contributed by atoms with Crippen LogP contribution in [0.3, 0.4) is 0 Å². The molecule has 0 bridgehead atoms. The maximum atomic E-state index is 12.3. The third kappa shape index (κ3) is 2.79. The average molecular weight is 320 g/mol. The molecular formula is C13H10ClN5OS. The topological polar surface area (TPSA) is 63.9 Å². The first kappa shape index (κ1) is 13.7. The number of halogens is 1. The van der Waals surface area contributed by atoms with Gasteiger partial charge in [-0.1, -0.05) is 22.9 Å². The molecular weight excluding hydrogens is 310 g/mol. The standard InChI is InChI=1S/C13H10ClN5OS/c1-18(13-15-5-6-21-13)12(20)11-8-19(17-16-11)10-4-2-3-9(14)7-10/h2-8H,1H3. The molecule has 0 N–H and O–H groups in total. The Bertz CT molecular complexity index is 770. The maximum absolute atomic E-state index is 12.3. The Morgan fingerprint density at radius 1 is 1.43 bits per heavy atom. The zero-order chi connectivity index (χ0) is 14.8. The van der Waals surface area contributed by atoms with E-state index in [1.165, 1.54) is 20.9 Å². The summed E-state index contributed by atoms with van der Waals surface area (Å²) < 4.78 is 1.51. The van der Waals surface area contributed by atoms with Crippen LogP contribution in [-0.2, 0) is 0 Å². The van der Waals surface area contributed by atoms with E-state index >= 15 is 0 Å². The number of nitrogens with zero attached hydrogens (tertiary/aromatic N) is 5. The van der Waals surface area contributed by atoms with Crippen LogP contribution in [0.2, 0.25) is 5.02 Å². The molecule has 21 heavy (non-hydrogen) atoms. The summed E-state index contributed by atoms with van der Waals surface area (Å²) in [5.41, 5.74) is 0.985. The summed E-state index contributed by atoms with van der Waals surface area (Å²) in [5, 5.41) is 10.9. The first-order valence-electron chi connectivity index (χ1n) is 6.01. The number of rotatable bonds is 3. The average Bonchev–Trinajstić information content (AvgIpc) is 3.17. The van der Waals surface area contributed by atoms with Crippen LogP contribution in [0.15, 0.2) is 42.0 Å². The van der Waals surface area contributed by atoms with E-state index in [1.807, 2.05) is 17.5 Å². The van der Waals surface area contributed by atoms with Gasteiger partial charge in [-0.25, -0.2) is 9.67 Å². The quantitative estimate of drug-likeness (QED) is 0.744. The number of aromatic nitrogens is 4. The van der Waals surface area contributed by atoms with Crippen LogP contribution in [0, 0.1) is 0 Å². The van der Waals surface area contributed by atoms with Crippen LogP contribution in [0.25, 0.3) is 5.69 Å². The minimum atomic E-state index is -0.266. The van der Waals surface area contributed by atoms with E-state index in [0.29, 0.717) is 10.2 Å². The third-order valence-corrected chi connectivity index (χ3v) is 3.88. The summed E-state index contributed by atoms with van der Waals surface area (Å²) >= 11 is 7.32. The molecule has 0 aliphatic carbocycles. The van der Waals surface area contributed by atoms with Gasteiger partial charge < -0.3 is 0 Å². The van der Waals surface area contributed by atoms with Crippen molar-refractivity contribution < 1.29 is 4.79 Å². The van der Waals surface area contributed by atoms with Crippen LogP contribution in [-0.4, -0.2) is 32.9 Å². The van der Waals surface area contributed by atoms with Crippen LogP contribution < -0.4 is 4.90 Å². The lowest BCUT2D eigenvalue weighted by molar-refractivity contribution is 0.0988. The minimum absolute atomic E-state index is 0.243. The molecule has 106 valence electrons. The van der Waals surface area contributed by atoms with Gasteiger partial charge in [-0.2, -0.15) is 0 Å². The van der Waals surface area contributed by atoms with E-state index in [-0.39, 0.29) is 11.6 Å². The van der Waals surface area contributed by atoms with Crippen molar-refractivity contribution in [2.75, 3.05) is 11.9 Å². The van der Waals surface area contributed by atoms with Gasteiger partial charge in [0.2, 0.25) is 0 Å². The monoisotopic (exact) mass is 319 g/mol. The molecule has 6 nitrogen and oxygen atoms in total. The van der Waals surface area contributed by atoms with Crippen molar-refractivity contribution in [2.24, 2.45) is 0 Å². The van der Waals surface area contributed by atoms with E-state index in [1.54, 1.807) is 31.6 Å². The molecule has 0 saturated heterocycles. The summed E-state index contributed by atoms with van der Waals surface area (Å²) in [5.74, 6) is -0.266. The van der Waals surface area contributed by atoms with Gasteiger partial charge in [-0.05, 0) is 18.2 Å². The zero-order valence-electron chi connectivity index (χ0n) is 11.0. The first-order chi connectivity index (χ1) is 10.1. The molecule has 0 atom stereocenters. The van der Waals surface area contributed by atoms with E-state index < -0.39 is 0 Å². The van der Waals surface area contributed by atoms with E-state index in [0.717, 1.165) is 5.69 Å². The molecule has 0 spiro atoms. The van der Waals surface area contributed by atoms with E-state index in [4.69, 9.17) is 11.6 Å². The smallest absolute Gasteiger partial charge is 0.281 e. The van der Waals surface area contributed by atoms with Gasteiger partial charge in [0.05, 0.1) is 11.9 Å². The summed E-state index contributed by atoms with van der Waals surface area (Å²) in [6.45, 7) is 0. The fraction of sp³-hybridized carbons (Fsp3) is 0.0769. The Morgan fingerprint density at radius 3 is 3.00 bits per heavy atom. The van der Waals surface area contributed by atoms with Crippen molar-refractivity contribution in [2.45, 2.75) is 0 Å². The van der Waals surface area contributed by atoms with Gasteiger partial charge in [0.1, 0.15) is 0 Å². The Labute approximate surface area is 129 Å². The summed E-state index contributed by atoms with van der Waals surface area (Å²) in [7, 11) is 1.65. The molecule has 3 rings (SSSR count). The predicted octanol–water partition coefficient (Wildman–Crippen LogP) is 2.65. The van der Waals surface area contributed by atoms with Crippen LogP contribution in [0.4, 0.5) is 5.13 Å². The van der Waals surface area contributed by atoms with E-state index in [9.17, 15) is 4.79 Å². The largest absolute Gasteiger partial charge is 0.286 e. The molecule has 0 aliphatic rings. The van der Waals surface area contributed by atoms with Crippen LogP contribution in [0.1, 0.15) is 10.5 Å². The Hall–Kier alpha value is -2.25. The highest BCUT2D eigenvalue weighted by Crippen LogP contribution is 2.18. The fourth-order valence-electron chi connectivity index (χ4n) is 1.75. The highest BCUT2D eigenvalue weighted by molar-refractivity contribution is 7.13. The molecule has 2 heterocycles. The second kappa shape index (κ2) is 5.63. The van der Waals surface area contributed by atoms with Crippen molar-refractivity contribution in [3.05, 3.63) is 52.8 Å². The first-order valence-corrected chi connectivity index (χ1v) is 7.27. The second-order valence-electron chi connectivity index (χ2n) is 4.21. The minimum Gasteiger partial charge on any atom is -0.286 e. The van der Waals surface area contributed by atoms with Gasteiger partial charge >= 0.3 is 0 Å². The molecule has 0 radical (unpaired) electrons. The summed E-state index contributed by atoms with van der Waals surface area (Å²) in [6, 6.07) is 7.15. The van der Waals surface area contributed by atoms with Crippen molar-refractivity contribution in [1.82, 2.24) is 20.0 Å². The summed E-state index contributed by atoms with van der Waals surface area (Å²) in [6.07, 6.45) is 3.21. The molecule has 2 aromatic heterocycles. The lowest BCUT2D eigenvalue weighted by Gasteiger charge is -2.10. The predicted molar refractivity (Wildman–Crippen MR) is 81.2 cm³/mol. The SMILES string of the molecule is CN(C(=O)c1cn(-c2cccc(Cl)c2)nn1)c1nccs1. The van der Waals surface area contributed by atoms with Crippen molar-refractivity contribution >= 4 is 34.0 Å². The number of carbonyl (C=O) groups excluding carboxylic acids is 1. The van der Waals surface area contributed by atoms with Crippen molar-refractivity contribution in [3.8, 4) is 5.69 Å². The molecule has 0 aliphatic heterocycles. The van der Waals surface area contributed by atoms with Gasteiger partial charge in [0.25, 0.3) is 5.91 Å². The number of carbonyl (C=O) groups is 1. The second-order valence-corrected chi connectivity index (χ2v) is 5.52. The van der Waals surface area contributed by atoms with E-state index in [2.05, 4.69) is 15.3 Å². The highest BCUT2D eigenvalue weighted by Gasteiger charge is 2.19. The molecule has 1 aromatic carbocycles. The summed E-state index contributed by atoms with van der Waals surface area (Å²) in [4.78, 5) is 17.8. The number of anilines is 1. The Kier molecular flexibility index (Phi) is 3.68. The molecule has 8 heteroatoms. The number of amides is 1. The van der Waals surface area contributed by atoms with Crippen molar-refractivity contribution in [3.63, 3.8) is 0 Å². The molecule has 0 saturated carbocycles. The lowest BCUT2D eigenvalue weighted by atomic mass is 10.3. The molecule has 3 aromatic rings. The number of thiazole rings is 1. The van der Waals surface area contributed by atoms with Crippen molar-refractivity contribution in [1.29, 1.82) is 0 Å². The van der Waals surface area contributed by atoms with Crippen LogP contribution >= 0.6 is 22.9 Å². The Balaban J connectivity index is 1.86. The van der Waals surface area contributed by atoms with Gasteiger partial charge in [-0.15, -0.1) is 16.4 Å². The highest BCUT2D eigenvalue weighted by atomic mass is 35.5. The molecule has 1 amide bonds. The van der Waals surface area contributed by atoms with Gasteiger partial charge in [0.15, 0.2) is 10.8 Å². The normalized spacial score (nSPS) is 10.6. The number of hydrogen-bond acceptors (Lipinski definition) is 5. The number of hydrogen-bond donors (Lipinski definition) is 0. The maximum Gasteiger partial charge on any atom is 0.281 e. The van der Waals surface area contributed by atoms with Gasteiger partial charge in [0, 0.05) is 23.6 Å².